The zero-order chi connectivity index (χ0) is 14.7. The third kappa shape index (κ3) is 2.48. The number of para-hydroxylation sites is 2. The van der Waals surface area contributed by atoms with Gasteiger partial charge in [-0.3, -0.25) is 0 Å². The SMILES string of the molecule is C=CCC(CO)n1c(-c2ccccc2)nc2ccccc21. The second kappa shape index (κ2) is 5.94. The van der Waals surface area contributed by atoms with Crippen molar-refractivity contribution in [3.63, 3.8) is 0 Å². The quantitative estimate of drug-likeness (QED) is 0.721. The van der Waals surface area contributed by atoms with Gasteiger partial charge >= 0.3 is 0 Å². The third-order valence-corrected chi connectivity index (χ3v) is 3.64. The molecular formula is C18H18N2O. The van der Waals surface area contributed by atoms with Crippen LogP contribution < -0.4 is 0 Å². The van der Waals surface area contributed by atoms with Gasteiger partial charge in [-0.05, 0) is 18.6 Å². The predicted molar refractivity (Wildman–Crippen MR) is 86.1 cm³/mol. The molecule has 0 amide bonds. The lowest BCUT2D eigenvalue weighted by atomic mass is 10.1. The average Bonchev–Trinajstić information content (AvgIpc) is 2.93. The highest BCUT2D eigenvalue weighted by molar-refractivity contribution is 5.80. The number of hydrogen-bond donors (Lipinski definition) is 1. The summed E-state index contributed by atoms with van der Waals surface area (Å²) in [7, 11) is 0. The number of hydrogen-bond acceptors (Lipinski definition) is 2. The fourth-order valence-corrected chi connectivity index (χ4v) is 2.66. The van der Waals surface area contributed by atoms with Crippen LogP contribution in [0.1, 0.15) is 12.5 Å². The Kier molecular flexibility index (Phi) is 3.84. The second-order valence-electron chi connectivity index (χ2n) is 5.02. The summed E-state index contributed by atoms with van der Waals surface area (Å²) in [6.45, 7) is 3.86. The van der Waals surface area contributed by atoms with Crippen LogP contribution in [-0.2, 0) is 0 Å². The van der Waals surface area contributed by atoms with Crippen LogP contribution in [0.2, 0.25) is 0 Å². The van der Waals surface area contributed by atoms with Crippen molar-refractivity contribution >= 4 is 11.0 Å². The van der Waals surface area contributed by atoms with E-state index in [0.717, 1.165) is 22.4 Å². The Bertz CT molecular complexity index is 746. The Labute approximate surface area is 124 Å². The number of nitrogens with zero attached hydrogens (tertiary/aromatic N) is 2. The van der Waals surface area contributed by atoms with E-state index in [4.69, 9.17) is 4.98 Å². The zero-order valence-electron chi connectivity index (χ0n) is 11.8. The third-order valence-electron chi connectivity index (χ3n) is 3.64. The molecule has 0 saturated carbocycles. The van der Waals surface area contributed by atoms with Gasteiger partial charge in [-0.1, -0.05) is 48.5 Å². The molecule has 0 radical (unpaired) electrons. The lowest BCUT2D eigenvalue weighted by molar-refractivity contribution is 0.233. The number of allylic oxidation sites excluding steroid dienone is 1. The molecule has 0 aliphatic heterocycles. The van der Waals surface area contributed by atoms with E-state index in [9.17, 15) is 5.11 Å². The van der Waals surface area contributed by atoms with Crippen molar-refractivity contribution in [3.05, 3.63) is 67.3 Å². The minimum absolute atomic E-state index is 0.0508. The average molecular weight is 278 g/mol. The van der Waals surface area contributed by atoms with Crippen LogP contribution in [0.15, 0.2) is 67.3 Å². The summed E-state index contributed by atoms with van der Waals surface area (Å²) < 4.78 is 2.12. The van der Waals surface area contributed by atoms with Gasteiger partial charge in [0.15, 0.2) is 0 Å². The molecule has 0 bridgehead atoms. The maximum absolute atomic E-state index is 9.76. The Morgan fingerprint density at radius 3 is 2.52 bits per heavy atom. The molecule has 1 atom stereocenters. The molecule has 1 unspecified atom stereocenters. The van der Waals surface area contributed by atoms with E-state index >= 15 is 0 Å². The Balaban J connectivity index is 2.25. The lowest BCUT2D eigenvalue weighted by Crippen LogP contribution is -2.13. The van der Waals surface area contributed by atoms with Gasteiger partial charge in [0, 0.05) is 5.56 Å². The van der Waals surface area contributed by atoms with Gasteiger partial charge in [0.2, 0.25) is 0 Å². The minimum atomic E-state index is -0.0508. The number of imidazole rings is 1. The first-order valence-electron chi connectivity index (χ1n) is 7.09. The molecule has 1 heterocycles. The van der Waals surface area contributed by atoms with Crippen molar-refractivity contribution < 1.29 is 5.11 Å². The van der Waals surface area contributed by atoms with Gasteiger partial charge in [0.25, 0.3) is 0 Å². The van der Waals surface area contributed by atoms with E-state index in [-0.39, 0.29) is 12.6 Å². The van der Waals surface area contributed by atoms with Gasteiger partial charge in [-0.25, -0.2) is 4.98 Å². The highest BCUT2D eigenvalue weighted by atomic mass is 16.3. The topological polar surface area (TPSA) is 38.0 Å². The number of benzene rings is 2. The molecule has 2 aromatic carbocycles. The van der Waals surface area contributed by atoms with Crippen LogP contribution in [0.4, 0.5) is 0 Å². The van der Waals surface area contributed by atoms with E-state index in [1.54, 1.807) is 0 Å². The second-order valence-corrected chi connectivity index (χ2v) is 5.02. The molecule has 1 N–H and O–H groups in total. The fourth-order valence-electron chi connectivity index (χ4n) is 2.66. The summed E-state index contributed by atoms with van der Waals surface area (Å²) in [5.74, 6) is 0.887. The molecule has 1 aromatic heterocycles. The van der Waals surface area contributed by atoms with Gasteiger partial charge in [-0.2, -0.15) is 0 Å². The van der Waals surface area contributed by atoms with E-state index in [2.05, 4.69) is 11.1 Å². The van der Waals surface area contributed by atoms with Gasteiger partial charge in [0.05, 0.1) is 23.7 Å². The summed E-state index contributed by atoms with van der Waals surface area (Å²) in [4.78, 5) is 4.75. The molecule has 3 heteroatoms. The van der Waals surface area contributed by atoms with Crippen molar-refractivity contribution in [1.29, 1.82) is 0 Å². The van der Waals surface area contributed by atoms with Crippen molar-refractivity contribution in [2.24, 2.45) is 0 Å². The normalized spacial score (nSPS) is 12.4. The summed E-state index contributed by atoms with van der Waals surface area (Å²) in [5, 5.41) is 9.76. The van der Waals surface area contributed by atoms with Crippen LogP contribution in [0.3, 0.4) is 0 Å². The zero-order valence-corrected chi connectivity index (χ0v) is 11.8. The predicted octanol–water partition coefficient (Wildman–Crippen LogP) is 3.81. The molecule has 0 saturated heterocycles. The van der Waals surface area contributed by atoms with Crippen LogP contribution in [0.5, 0.6) is 0 Å². The van der Waals surface area contributed by atoms with Crippen LogP contribution in [-0.4, -0.2) is 21.3 Å². The van der Waals surface area contributed by atoms with Crippen LogP contribution in [0.25, 0.3) is 22.4 Å². The number of aliphatic hydroxyl groups excluding tert-OH is 1. The lowest BCUT2D eigenvalue weighted by Gasteiger charge is -2.18. The first-order chi connectivity index (χ1) is 10.3. The Hall–Kier alpha value is -2.39. The van der Waals surface area contributed by atoms with Crippen LogP contribution >= 0.6 is 0 Å². The van der Waals surface area contributed by atoms with Crippen molar-refractivity contribution in [3.8, 4) is 11.4 Å². The number of fused-ring (bicyclic) bond motifs is 1. The smallest absolute Gasteiger partial charge is 0.141 e. The van der Waals surface area contributed by atoms with E-state index in [0.29, 0.717) is 6.42 Å². The molecular weight excluding hydrogens is 260 g/mol. The van der Waals surface area contributed by atoms with Gasteiger partial charge in [0.1, 0.15) is 5.82 Å². The van der Waals surface area contributed by atoms with Crippen molar-refractivity contribution in [1.82, 2.24) is 9.55 Å². The molecule has 0 spiro atoms. The van der Waals surface area contributed by atoms with Crippen LogP contribution in [0, 0.1) is 0 Å². The maximum Gasteiger partial charge on any atom is 0.141 e. The first kappa shape index (κ1) is 13.6. The standard InChI is InChI=1S/C18H18N2O/c1-2-8-15(13-21)20-17-12-7-6-11-16(17)19-18(20)14-9-4-3-5-10-14/h2-7,9-12,15,21H,1,8,13H2. The fraction of sp³-hybridized carbons (Fsp3) is 0.167. The molecule has 0 aliphatic carbocycles. The first-order valence-corrected chi connectivity index (χ1v) is 7.09. The van der Waals surface area contributed by atoms with E-state index in [1.807, 2.05) is 60.7 Å². The number of aromatic nitrogens is 2. The number of aliphatic hydroxyl groups is 1. The molecule has 106 valence electrons. The van der Waals surface area contributed by atoms with Crippen molar-refractivity contribution in [2.75, 3.05) is 6.61 Å². The Morgan fingerprint density at radius 2 is 1.81 bits per heavy atom. The summed E-state index contributed by atoms with van der Waals surface area (Å²) >= 11 is 0. The van der Waals surface area contributed by atoms with E-state index < -0.39 is 0 Å². The molecule has 0 aliphatic rings. The van der Waals surface area contributed by atoms with E-state index in [1.165, 1.54) is 0 Å². The summed E-state index contributed by atoms with van der Waals surface area (Å²) in [6.07, 6.45) is 2.54. The van der Waals surface area contributed by atoms with Gasteiger partial charge < -0.3 is 9.67 Å². The number of rotatable bonds is 5. The molecule has 3 aromatic rings. The minimum Gasteiger partial charge on any atom is -0.394 e. The molecule has 21 heavy (non-hydrogen) atoms. The molecule has 3 rings (SSSR count). The molecule has 0 fully saturated rings. The highest BCUT2D eigenvalue weighted by Crippen LogP contribution is 2.29. The largest absolute Gasteiger partial charge is 0.394 e. The van der Waals surface area contributed by atoms with Crippen molar-refractivity contribution in [2.45, 2.75) is 12.5 Å². The summed E-state index contributed by atoms with van der Waals surface area (Å²) in [5.41, 5.74) is 3.03. The molecule has 3 nitrogen and oxygen atoms in total. The van der Waals surface area contributed by atoms with Gasteiger partial charge in [-0.15, -0.1) is 6.58 Å². The Morgan fingerprint density at radius 1 is 1.10 bits per heavy atom. The highest BCUT2D eigenvalue weighted by Gasteiger charge is 2.18. The monoisotopic (exact) mass is 278 g/mol. The maximum atomic E-state index is 9.76. The summed E-state index contributed by atoms with van der Waals surface area (Å²) in [6, 6.07) is 18.0.